The van der Waals surface area contributed by atoms with E-state index in [1.165, 1.54) is 0 Å². The fraction of sp³-hybridized carbons (Fsp3) is 0.438. The van der Waals surface area contributed by atoms with E-state index < -0.39 is 22.4 Å². The predicted octanol–water partition coefficient (Wildman–Crippen LogP) is 2.04. The number of alkyl halides is 3. The molecule has 1 fully saturated rings. The zero-order chi connectivity index (χ0) is 19.3. The zero-order valence-corrected chi connectivity index (χ0v) is 14.0. The van der Waals surface area contributed by atoms with Crippen LogP contribution in [-0.4, -0.2) is 55.0 Å². The molecule has 0 radical (unpaired) electrons. The van der Waals surface area contributed by atoms with E-state index in [-0.39, 0.29) is 18.1 Å². The number of hydrogen-bond donors (Lipinski definition) is 1. The molecule has 1 N–H and O–H groups in total. The predicted molar refractivity (Wildman–Crippen MR) is 90.0 cm³/mol. The van der Waals surface area contributed by atoms with Crippen LogP contribution in [0.1, 0.15) is 5.56 Å². The van der Waals surface area contributed by atoms with E-state index in [0.717, 1.165) is 12.1 Å². The number of halogens is 3. The molecular weight excluding hydrogens is 353 g/mol. The summed E-state index contributed by atoms with van der Waals surface area (Å²) < 4.78 is 38.3. The third-order valence-corrected chi connectivity index (χ3v) is 4.02. The summed E-state index contributed by atoms with van der Waals surface area (Å²) in [6.07, 6.45) is -3.07. The van der Waals surface area contributed by atoms with Crippen molar-refractivity contribution < 1.29 is 22.9 Å². The molecule has 1 aliphatic heterocycles. The maximum Gasteiger partial charge on any atom is 0.416 e. The highest BCUT2D eigenvalue weighted by atomic mass is 19.4. The molecule has 0 unspecified atom stereocenters. The van der Waals surface area contributed by atoms with E-state index in [1.807, 2.05) is 4.90 Å². The average molecular weight is 372 g/mol. The monoisotopic (exact) mass is 372 g/mol. The molecule has 1 aromatic carbocycles. The number of amides is 1. The number of nitro benzene ring substituents is 1. The van der Waals surface area contributed by atoms with Crippen LogP contribution in [0.2, 0.25) is 0 Å². The second kappa shape index (κ2) is 8.17. The lowest BCUT2D eigenvalue weighted by atomic mass is 10.1. The average Bonchev–Trinajstić information content (AvgIpc) is 2.59. The molecule has 1 heterocycles. The Labute approximate surface area is 148 Å². The van der Waals surface area contributed by atoms with Crippen LogP contribution in [0.3, 0.4) is 0 Å². The van der Waals surface area contributed by atoms with Gasteiger partial charge >= 0.3 is 6.18 Å². The maximum absolute atomic E-state index is 12.8. The highest BCUT2D eigenvalue weighted by molar-refractivity contribution is 5.78. The molecule has 0 saturated carbocycles. The second-order valence-electron chi connectivity index (χ2n) is 5.81. The number of benzene rings is 1. The molecule has 26 heavy (non-hydrogen) atoms. The van der Waals surface area contributed by atoms with Gasteiger partial charge in [-0.25, -0.2) is 0 Å². The summed E-state index contributed by atoms with van der Waals surface area (Å²) >= 11 is 0. The number of nitrogens with one attached hydrogen (secondary N) is 1. The number of carbonyl (C=O) groups is 1. The molecule has 1 saturated heterocycles. The highest BCUT2D eigenvalue weighted by Gasteiger charge is 2.34. The molecule has 0 bridgehead atoms. The fourth-order valence-electron chi connectivity index (χ4n) is 2.71. The largest absolute Gasteiger partial charge is 0.416 e. The maximum atomic E-state index is 12.8. The van der Waals surface area contributed by atoms with Crippen LogP contribution in [0.5, 0.6) is 0 Å². The molecule has 1 aliphatic rings. The number of piperazine rings is 1. The zero-order valence-electron chi connectivity index (χ0n) is 14.0. The van der Waals surface area contributed by atoms with Crippen LogP contribution >= 0.6 is 0 Å². The van der Waals surface area contributed by atoms with Crippen LogP contribution < -0.4 is 10.2 Å². The van der Waals surface area contributed by atoms with Crippen molar-refractivity contribution in [2.24, 2.45) is 0 Å². The van der Waals surface area contributed by atoms with E-state index in [2.05, 4.69) is 11.9 Å². The highest BCUT2D eigenvalue weighted by Crippen LogP contribution is 2.36. The Hall–Kier alpha value is -2.62. The van der Waals surface area contributed by atoms with E-state index in [0.29, 0.717) is 38.8 Å². The van der Waals surface area contributed by atoms with Crippen LogP contribution in [0.25, 0.3) is 0 Å². The lowest BCUT2D eigenvalue weighted by Gasteiger charge is -2.35. The fourth-order valence-corrected chi connectivity index (χ4v) is 2.71. The van der Waals surface area contributed by atoms with Gasteiger partial charge in [-0.05, 0) is 12.1 Å². The molecular formula is C16H19F3N4O3. The van der Waals surface area contributed by atoms with Gasteiger partial charge in [0.2, 0.25) is 5.91 Å². The smallest absolute Gasteiger partial charge is 0.363 e. The van der Waals surface area contributed by atoms with E-state index >= 15 is 0 Å². The molecule has 0 aromatic heterocycles. The van der Waals surface area contributed by atoms with E-state index in [1.54, 1.807) is 11.0 Å². The number of rotatable bonds is 6. The van der Waals surface area contributed by atoms with Gasteiger partial charge in [0.05, 0.1) is 17.0 Å². The number of nitro groups is 1. The third kappa shape index (κ3) is 4.94. The van der Waals surface area contributed by atoms with Gasteiger partial charge in [0.1, 0.15) is 5.69 Å². The molecule has 0 atom stereocenters. The lowest BCUT2D eigenvalue weighted by Crippen LogP contribution is -2.49. The van der Waals surface area contributed by atoms with Crippen LogP contribution in [0, 0.1) is 10.1 Å². The van der Waals surface area contributed by atoms with Crippen molar-refractivity contribution in [2.45, 2.75) is 6.18 Å². The second-order valence-corrected chi connectivity index (χ2v) is 5.81. The van der Waals surface area contributed by atoms with Gasteiger partial charge in [-0.2, -0.15) is 13.2 Å². The Morgan fingerprint density at radius 2 is 1.96 bits per heavy atom. The Balaban J connectivity index is 2.05. The summed E-state index contributed by atoms with van der Waals surface area (Å²) in [6.45, 7) is 5.76. The molecule has 0 aliphatic carbocycles. The minimum absolute atomic E-state index is 0.152. The SMILES string of the molecule is C=CCNC(=O)CN1CCN(c2ccc(C(F)(F)F)cc2[N+](=O)[O-])CC1. The topological polar surface area (TPSA) is 78.7 Å². The molecule has 1 aromatic rings. The van der Waals surface area contributed by atoms with Crippen molar-refractivity contribution in [3.63, 3.8) is 0 Å². The van der Waals surface area contributed by atoms with Crippen molar-refractivity contribution in [2.75, 3.05) is 44.2 Å². The van der Waals surface area contributed by atoms with Gasteiger partial charge in [-0.15, -0.1) is 6.58 Å². The van der Waals surface area contributed by atoms with Crippen molar-refractivity contribution in [1.82, 2.24) is 10.2 Å². The Kier molecular flexibility index (Phi) is 6.19. The van der Waals surface area contributed by atoms with Crippen LogP contribution in [0.4, 0.5) is 24.5 Å². The van der Waals surface area contributed by atoms with Crippen molar-refractivity contribution >= 4 is 17.3 Å². The number of hydrogen-bond acceptors (Lipinski definition) is 5. The first-order valence-corrected chi connectivity index (χ1v) is 7.93. The summed E-state index contributed by atoms with van der Waals surface area (Å²) in [5, 5.41) is 13.9. The lowest BCUT2D eigenvalue weighted by molar-refractivity contribution is -0.384. The molecule has 7 nitrogen and oxygen atoms in total. The molecule has 2 rings (SSSR count). The van der Waals surface area contributed by atoms with Gasteiger partial charge in [-0.1, -0.05) is 6.08 Å². The first-order chi connectivity index (χ1) is 12.2. The summed E-state index contributed by atoms with van der Waals surface area (Å²) in [6, 6.07) is 2.54. The standard InChI is InChI=1S/C16H19F3N4O3/c1-2-5-20-15(24)11-21-6-8-22(9-7-21)13-4-3-12(16(17,18)19)10-14(13)23(25)26/h2-4,10H,1,5-9,11H2,(H,20,24). The van der Waals surface area contributed by atoms with Crippen LogP contribution in [-0.2, 0) is 11.0 Å². The molecule has 10 heteroatoms. The summed E-state index contributed by atoms with van der Waals surface area (Å²) in [7, 11) is 0. The van der Waals surface area contributed by atoms with Gasteiger partial charge in [0.15, 0.2) is 0 Å². The van der Waals surface area contributed by atoms with Gasteiger partial charge in [0.25, 0.3) is 5.69 Å². The third-order valence-electron chi connectivity index (χ3n) is 4.02. The first-order valence-electron chi connectivity index (χ1n) is 7.93. The molecule has 0 spiro atoms. The number of carbonyl (C=O) groups excluding carboxylic acids is 1. The quantitative estimate of drug-likeness (QED) is 0.470. The normalized spacial score (nSPS) is 15.6. The van der Waals surface area contributed by atoms with Gasteiger partial charge in [0, 0.05) is 38.8 Å². The summed E-state index contributed by atoms with van der Waals surface area (Å²) in [5.41, 5.74) is -1.47. The first kappa shape index (κ1) is 19.7. The van der Waals surface area contributed by atoms with Gasteiger partial charge < -0.3 is 10.2 Å². The van der Waals surface area contributed by atoms with E-state index in [4.69, 9.17) is 0 Å². The van der Waals surface area contributed by atoms with Gasteiger partial charge in [-0.3, -0.25) is 19.8 Å². The number of nitrogens with zero attached hydrogens (tertiary/aromatic N) is 3. The molecule has 1 amide bonds. The van der Waals surface area contributed by atoms with E-state index in [9.17, 15) is 28.1 Å². The van der Waals surface area contributed by atoms with Crippen molar-refractivity contribution in [1.29, 1.82) is 0 Å². The van der Waals surface area contributed by atoms with Crippen molar-refractivity contribution in [3.8, 4) is 0 Å². The Bertz CT molecular complexity index is 686. The summed E-state index contributed by atoms with van der Waals surface area (Å²) in [5.74, 6) is -0.154. The summed E-state index contributed by atoms with van der Waals surface area (Å²) in [4.78, 5) is 25.6. The molecule has 142 valence electrons. The Morgan fingerprint density at radius 3 is 2.50 bits per heavy atom. The minimum atomic E-state index is -4.64. The Morgan fingerprint density at radius 1 is 1.31 bits per heavy atom. The van der Waals surface area contributed by atoms with Crippen molar-refractivity contribution in [3.05, 3.63) is 46.5 Å². The number of anilines is 1. The minimum Gasteiger partial charge on any atom is -0.363 e. The van der Waals surface area contributed by atoms with Crippen LogP contribution in [0.15, 0.2) is 30.9 Å².